The third-order valence-corrected chi connectivity index (χ3v) is 4.49. The summed E-state index contributed by atoms with van der Waals surface area (Å²) >= 11 is 0. The van der Waals surface area contributed by atoms with Crippen LogP contribution in [0.1, 0.15) is 19.8 Å². The van der Waals surface area contributed by atoms with Crippen LogP contribution in [0.4, 0.5) is 0 Å². The maximum absolute atomic E-state index is 8.10. The van der Waals surface area contributed by atoms with E-state index in [1.54, 1.807) is 0 Å². The van der Waals surface area contributed by atoms with E-state index in [-0.39, 0.29) is 10.7 Å². The van der Waals surface area contributed by atoms with Crippen LogP contribution in [-0.4, -0.2) is 29.6 Å². The largest absolute Gasteiger partial charge is 0.276 e. The molecule has 1 aliphatic heterocycles. The minimum Gasteiger partial charge on any atom is -0.276 e. The fourth-order valence-corrected chi connectivity index (χ4v) is 3.44. The van der Waals surface area contributed by atoms with Crippen molar-refractivity contribution in [2.24, 2.45) is 0 Å². The summed E-state index contributed by atoms with van der Waals surface area (Å²) in [5.41, 5.74) is 1.41. The summed E-state index contributed by atoms with van der Waals surface area (Å²) in [6, 6.07) is 0. The second-order valence-corrected chi connectivity index (χ2v) is 5.40. The highest BCUT2D eigenvalue weighted by Gasteiger charge is 2.20. The molecule has 1 heterocycles. The molecule has 0 saturated carbocycles. The molecule has 3 heteroatoms. The molecule has 0 aromatic carbocycles. The molecule has 0 aromatic heterocycles. The fraction of sp³-hybridized carbons (Fsp3) is 0.545. The molecule has 1 N–H and O–H groups in total. The molecule has 14 heavy (non-hydrogen) atoms. The van der Waals surface area contributed by atoms with Crippen LogP contribution in [0.3, 0.4) is 0 Å². The first kappa shape index (κ1) is 9.84. The first-order valence-electron chi connectivity index (χ1n) is 5.15. The van der Waals surface area contributed by atoms with Crippen LogP contribution < -0.4 is 0 Å². The van der Waals surface area contributed by atoms with Crippen molar-refractivity contribution in [2.45, 2.75) is 19.8 Å². The summed E-state index contributed by atoms with van der Waals surface area (Å²) in [6.45, 7) is 4.15. The quantitative estimate of drug-likeness (QED) is 0.592. The number of nitrogens with one attached hydrogen (secondary N) is 1. The summed E-state index contributed by atoms with van der Waals surface area (Å²) in [6.07, 6.45) is 8.88. The summed E-state index contributed by atoms with van der Waals surface area (Å²) in [7, 11) is -0.230. The normalized spacial score (nSPS) is 30.4. The van der Waals surface area contributed by atoms with E-state index in [1.165, 1.54) is 10.5 Å². The van der Waals surface area contributed by atoms with Gasteiger partial charge < -0.3 is 0 Å². The Hall–Kier alpha value is -0.700. The van der Waals surface area contributed by atoms with Gasteiger partial charge in [-0.2, -0.15) is 0 Å². The van der Waals surface area contributed by atoms with E-state index in [9.17, 15) is 0 Å². The van der Waals surface area contributed by atoms with Crippen molar-refractivity contribution >= 4 is 16.9 Å². The van der Waals surface area contributed by atoms with Crippen LogP contribution in [0.25, 0.3) is 0 Å². The molecule has 0 radical (unpaired) electrons. The second kappa shape index (κ2) is 4.22. The summed E-state index contributed by atoms with van der Waals surface area (Å²) in [5.74, 6) is 1.01. The van der Waals surface area contributed by atoms with Gasteiger partial charge in [-0.05, 0) is 12.8 Å². The molecule has 76 valence electrons. The molecule has 2 rings (SSSR count). The Bertz CT molecular complexity index is 350. The molecule has 2 nitrogen and oxygen atoms in total. The van der Waals surface area contributed by atoms with E-state index < -0.39 is 0 Å². The Morgan fingerprint density at radius 3 is 3.21 bits per heavy atom. The molecule has 0 fully saturated rings. The van der Waals surface area contributed by atoms with Crippen molar-refractivity contribution in [1.82, 2.24) is 0 Å². The summed E-state index contributed by atoms with van der Waals surface area (Å²) in [5, 5.41) is 0. The highest BCUT2D eigenvalue weighted by Crippen LogP contribution is 2.24. The monoisotopic (exact) mass is 209 g/mol. The zero-order valence-electron chi connectivity index (χ0n) is 8.62. The van der Waals surface area contributed by atoms with Crippen molar-refractivity contribution < 1.29 is 4.58 Å². The van der Waals surface area contributed by atoms with Crippen molar-refractivity contribution in [3.63, 3.8) is 0 Å². The lowest BCUT2D eigenvalue weighted by Gasteiger charge is -2.11. The Kier molecular flexibility index (Phi) is 2.96. The number of rotatable bonds is 0. The van der Waals surface area contributed by atoms with E-state index >= 15 is 0 Å². The van der Waals surface area contributed by atoms with Crippen LogP contribution in [-0.2, 0) is 10.7 Å². The zero-order valence-corrected chi connectivity index (χ0v) is 9.44. The smallest absolute Gasteiger partial charge is 0.168 e. The number of hydrogen-bond donors (Lipinski definition) is 1. The van der Waals surface area contributed by atoms with E-state index in [1.807, 2.05) is 0 Å². The lowest BCUT2D eigenvalue weighted by atomic mass is 10.1. The summed E-state index contributed by atoms with van der Waals surface area (Å²) in [4.78, 5) is 1.41. The van der Waals surface area contributed by atoms with Gasteiger partial charge in [-0.25, -0.2) is 4.58 Å². The van der Waals surface area contributed by atoms with E-state index in [2.05, 4.69) is 29.9 Å². The Labute approximate surface area is 87.9 Å². The molecular weight excluding hydrogens is 192 g/mol. The third-order valence-electron chi connectivity index (χ3n) is 2.83. The van der Waals surface area contributed by atoms with Gasteiger partial charge in [-0.1, -0.05) is 22.8 Å². The third kappa shape index (κ3) is 1.87. The maximum atomic E-state index is 8.10. The second-order valence-electron chi connectivity index (χ2n) is 3.71. The standard InChI is InChI=1S/C11H17N2S/c1-2-13-7-8-14(12)11-6-4-3-5-10(11)9-13/h2-3,5,12H,4,6-9H2,1H3/q+1. The average molecular weight is 209 g/mol. The first-order chi connectivity index (χ1) is 6.81. The van der Waals surface area contributed by atoms with Gasteiger partial charge in [0, 0.05) is 17.4 Å². The molecule has 1 atom stereocenters. The van der Waals surface area contributed by atoms with Gasteiger partial charge in [0.2, 0.25) is 0 Å². The molecule has 0 saturated heterocycles. The van der Waals surface area contributed by atoms with Gasteiger partial charge in [0.05, 0.1) is 5.75 Å². The van der Waals surface area contributed by atoms with Crippen molar-refractivity contribution in [3.05, 3.63) is 22.6 Å². The van der Waals surface area contributed by atoms with Crippen LogP contribution >= 0.6 is 0 Å². The molecule has 0 spiro atoms. The highest BCUT2D eigenvalue weighted by atomic mass is 32.2. The van der Waals surface area contributed by atoms with Crippen LogP contribution in [0.15, 0.2) is 22.6 Å². The lowest BCUT2D eigenvalue weighted by molar-refractivity contribution is -0.510. The number of allylic oxidation sites excluding steroid dienone is 2. The summed E-state index contributed by atoms with van der Waals surface area (Å²) < 4.78 is 10.4. The lowest BCUT2D eigenvalue weighted by Crippen LogP contribution is -2.17. The molecule has 1 aliphatic carbocycles. The molecule has 1 unspecified atom stereocenters. The van der Waals surface area contributed by atoms with Crippen LogP contribution in [0.2, 0.25) is 0 Å². The van der Waals surface area contributed by atoms with Crippen molar-refractivity contribution in [2.75, 3.05) is 18.8 Å². The average Bonchev–Trinajstić information content (AvgIpc) is 2.39. The molecule has 0 amide bonds. The molecule has 2 aliphatic rings. The minimum absolute atomic E-state index is 0.230. The Balaban J connectivity index is 2.34. The van der Waals surface area contributed by atoms with Gasteiger partial charge in [-0.3, -0.25) is 4.78 Å². The van der Waals surface area contributed by atoms with Crippen LogP contribution in [0, 0.1) is 4.78 Å². The van der Waals surface area contributed by atoms with E-state index in [0.717, 1.165) is 31.7 Å². The predicted molar refractivity (Wildman–Crippen MR) is 62.1 cm³/mol. The molecule has 0 bridgehead atoms. The Morgan fingerprint density at radius 1 is 1.57 bits per heavy atom. The topological polar surface area (TPSA) is 26.9 Å². The van der Waals surface area contributed by atoms with Gasteiger partial charge in [0.25, 0.3) is 0 Å². The minimum atomic E-state index is -0.230. The van der Waals surface area contributed by atoms with Gasteiger partial charge in [0.15, 0.2) is 13.1 Å². The van der Waals surface area contributed by atoms with Gasteiger partial charge >= 0.3 is 0 Å². The van der Waals surface area contributed by atoms with Crippen molar-refractivity contribution in [1.29, 1.82) is 4.78 Å². The first-order valence-corrected chi connectivity index (χ1v) is 6.55. The highest BCUT2D eigenvalue weighted by molar-refractivity contribution is 7.90. The van der Waals surface area contributed by atoms with Gasteiger partial charge in [0.1, 0.15) is 6.21 Å². The maximum Gasteiger partial charge on any atom is 0.168 e. The fourth-order valence-electron chi connectivity index (χ4n) is 1.97. The zero-order chi connectivity index (χ0) is 9.97. The van der Waals surface area contributed by atoms with E-state index in [4.69, 9.17) is 4.78 Å². The van der Waals surface area contributed by atoms with Crippen LogP contribution in [0.5, 0.6) is 0 Å². The SMILES string of the molecule is CC=[N+]1CCS(=N)C2=C(C=CCC2)C1. The Morgan fingerprint density at radius 2 is 2.43 bits per heavy atom. The number of hydrogen-bond acceptors (Lipinski definition) is 1. The molecular formula is C11H17N2S+. The predicted octanol–water partition coefficient (Wildman–Crippen LogP) is 2.09. The van der Waals surface area contributed by atoms with E-state index in [0.29, 0.717) is 0 Å². The molecule has 0 aromatic rings. The van der Waals surface area contributed by atoms with Gasteiger partial charge in [-0.15, -0.1) is 0 Å². The van der Waals surface area contributed by atoms with Crippen molar-refractivity contribution in [3.8, 4) is 0 Å². The number of nitrogens with zero attached hydrogens (tertiary/aromatic N) is 1.